The van der Waals surface area contributed by atoms with Crippen molar-refractivity contribution in [2.75, 3.05) is 11.9 Å². The molecule has 0 spiro atoms. The first-order valence-electron chi connectivity index (χ1n) is 21.1. The zero-order chi connectivity index (χ0) is 45.1. The van der Waals surface area contributed by atoms with Crippen molar-refractivity contribution in [3.8, 4) is 28.7 Å². The minimum Gasteiger partial charge on any atom is -0.489 e. The maximum atomic E-state index is 14.4. The number of nitrogens with zero attached hydrogens (tertiary/aromatic N) is 3. The van der Waals surface area contributed by atoms with Gasteiger partial charge in [-0.2, -0.15) is 5.26 Å². The fourth-order valence-electron chi connectivity index (χ4n) is 8.39. The van der Waals surface area contributed by atoms with Crippen LogP contribution in [0.5, 0.6) is 11.5 Å². The third kappa shape index (κ3) is 9.63. The Balaban J connectivity index is 1.02. The lowest BCUT2D eigenvalue weighted by Crippen LogP contribution is -2.54. The summed E-state index contributed by atoms with van der Waals surface area (Å²) in [5, 5.41) is 23.4. The second-order valence-electron chi connectivity index (χ2n) is 16.6. The molecule has 3 atom stereocenters. The Morgan fingerprint density at radius 2 is 1.56 bits per heavy atom. The number of nitriles is 1. The molecule has 10 nitrogen and oxygen atoms in total. The largest absolute Gasteiger partial charge is 0.489 e. The van der Waals surface area contributed by atoms with Gasteiger partial charge in [-0.05, 0) is 105 Å². The average Bonchev–Trinajstić information content (AvgIpc) is 3.30. The van der Waals surface area contributed by atoms with Crippen molar-refractivity contribution in [3.05, 3.63) is 182 Å². The normalized spacial score (nSPS) is 16.3. The highest BCUT2D eigenvalue weighted by atomic mass is 35.5. The molecule has 2 amide bonds. The van der Waals surface area contributed by atoms with Crippen molar-refractivity contribution in [1.82, 2.24) is 10.2 Å². The minimum absolute atomic E-state index is 0.0849. The maximum Gasteiger partial charge on any atom is 0.326 e. The summed E-state index contributed by atoms with van der Waals surface area (Å²) in [6.07, 6.45) is -0.517. The molecule has 2 aliphatic rings. The van der Waals surface area contributed by atoms with Crippen molar-refractivity contribution in [3.63, 3.8) is 0 Å². The standard InChI is InChI=1S/C52H46Cl2N4O6/c1-31(2)42-7-5-4-6-38(42)28-58-29-40-26-48-46(57(3)51(60)49(64-48)37-17-19-41(20-18-37)63-30-34-12-21-43(53)44(54)22-34)24-39(40)25-47(58)50(59)56-45(52(61)62)23-32-8-13-35(14-9-32)36-15-10-33(27-55)11-16-36/h4-22,24,26,31,45,47,49H,23,25,28-30H2,1-3H3,(H,56,59)(H,61,62)/t45-,47?,49-/m0/s1. The van der Waals surface area contributed by atoms with Crippen LogP contribution in [0.15, 0.2) is 127 Å². The number of benzene rings is 6. The number of carbonyl (C=O) groups excluding carboxylic acids is 2. The number of fused-ring (bicyclic) bond motifs is 2. The van der Waals surface area contributed by atoms with Crippen LogP contribution in [0.2, 0.25) is 10.0 Å². The van der Waals surface area contributed by atoms with Gasteiger partial charge in [0.1, 0.15) is 24.1 Å². The van der Waals surface area contributed by atoms with E-state index in [9.17, 15) is 19.5 Å². The molecule has 1 unspecified atom stereocenters. The van der Waals surface area contributed by atoms with Crippen LogP contribution in [0.4, 0.5) is 5.69 Å². The topological polar surface area (TPSA) is 132 Å². The number of hydrogen-bond acceptors (Lipinski definition) is 7. The van der Waals surface area contributed by atoms with Gasteiger partial charge in [0.05, 0.1) is 33.4 Å². The number of anilines is 1. The molecule has 0 saturated heterocycles. The summed E-state index contributed by atoms with van der Waals surface area (Å²) in [4.78, 5) is 44.7. The maximum absolute atomic E-state index is 14.4. The van der Waals surface area contributed by atoms with E-state index in [1.807, 2.05) is 78.9 Å². The summed E-state index contributed by atoms with van der Waals surface area (Å²) in [6, 6.07) is 39.7. The second-order valence-corrected chi connectivity index (χ2v) is 17.4. The Labute approximate surface area is 382 Å². The van der Waals surface area contributed by atoms with Gasteiger partial charge in [-0.15, -0.1) is 0 Å². The summed E-state index contributed by atoms with van der Waals surface area (Å²) in [5.41, 5.74) is 9.39. The molecule has 0 saturated carbocycles. The molecule has 6 aromatic rings. The number of rotatable bonds is 13. The van der Waals surface area contributed by atoms with Gasteiger partial charge in [-0.25, -0.2) is 4.79 Å². The quantitative estimate of drug-likeness (QED) is 0.117. The Hall–Kier alpha value is -6.64. The first-order valence-corrected chi connectivity index (χ1v) is 21.8. The van der Waals surface area contributed by atoms with E-state index in [0.29, 0.717) is 57.9 Å². The van der Waals surface area contributed by atoms with Crippen molar-refractivity contribution in [2.45, 2.75) is 70.5 Å². The van der Waals surface area contributed by atoms with Crippen LogP contribution in [0.1, 0.15) is 70.4 Å². The predicted molar refractivity (Wildman–Crippen MR) is 248 cm³/mol. The van der Waals surface area contributed by atoms with Crippen LogP contribution >= 0.6 is 23.2 Å². The van der Waals surface area contributed by atoms with E-state index >= 15 is 0 Å². The highest BCUT2D eigenvalue weighted by Gasteiger charge is 2.38. The smallest absolute Gasteiger partial charge is 0.326 e. The number of hydrogen-bond donors (Lipinski definition) is 2. The Bertz CT molecular complexity index is 2750. The zero-order valence-electron chi connectivity index (χ0n) is 35.6. The summed E-state index contributed by atoms with van der Waals surface area (Å²) in [5.74, 6) is -0.367. The van der Waals surface area contributed by atoms with Crippen molar-refractivity contribution < 1.29 is 29.0 Å². The number of carboxylic acid groups (broad SMARTS) is 1. The van der Waals surface area contributed by atoms with Gasteiger partial charge in [0, 0.05) is 32.1 Å². The van der Waals surface area contributed by atoms with E-state index in [4.69, 9.17) is 37.9 Å². The molecule has 6 aromatic carbocycles. The number of aliphatic carboxylic acids is 1. The number of amides is 2. The number of ether oxygens (including phenoxy) is 2. The Kier molecular flexibility index (Phi) is 13.1. The molecule has 0 radical (unpaired) electrons. The highest BCUT2D eigenvalue weighted by Crippen LogP contribution is 2.42. The molecular weight excluding hydrogens is 847 g/mol. The van der Waals surface area contributed by atoms with Gasteiger partial charge in [0.15, 0.2) is 0 Å². The molecule has 0 fully saturated rings. The number of likely N-dealkylation sites (N-methyl/N-ethyl adjacent to an activating group) is 1. The van der Waals surface area contributed by atoms with E-state index in [2.05, 4.69) is 42.3 Å². The summed E-state index contributed by atoms with van der Waals surface area (Å²) in [7, 11) is 1.72. The molecule has 0 bridgehead atoms. The number of carbonyl (C=O) groups is 3. The van der Waals surface area contributed by atoms with Crippen LogP contribution in [-0.4, -0.2) is 46.9 Å². The summed E-state index contributed by atoms with van der Waals surface area (Å²) >= 11 is 12.2. The van der Waals surface area contributed by atoms with Crippen molar-refractivity contribution in [1.29, 1.82) is 5.26 Å². The molecule has 324 valence electrons. The van der Waals surface area contributed by atoms with Crippen LogP contribution < -0.4 is 19.7 Å². The third-order valence-corrected chi connectivity index (χ3v) is 12.7. The lowest BCUT2D eigenvalue weighted by atomic mass is 9.90. The van der Waals surface area contributed by atoms with Crippen LogP contribution in [0.3, 0.4) is 0 Å². The zero-order valence-corrected chi connectivity index (χ0v) is 37.1. The van der Waals surface area contributed by atoms with Crippen LogP contribution in [0.25, 0.3) is 11.1 Å². The minimum atomic E-state index is -1.18. The molecule has 0 aromatic heterocycles. The lowest BCUT2D eigenvalue weighted by Gasteiger charge is -2.39. The van der Waals surface area contributed by atoms with Gasteiger partial charge in [-0.3, -0.25) is 14.5 Å². The Morgan fingerprint density at radius 3 is 2.23 bits per heavy atom. The predicted octanol–water partition coefficient (Wildman–Crippen LogP) is 10.1. The highest BCUT2D eigenvalue weighted by molar-refractivity contribution is 6.42. The summed E-state index contributed by atoms with van der Waals surface area (Å²) in [6.45, 7) is 5.41. The van der Waals surface area contributed by atoms with E-state index in [1.165, 1.54) is 5.56 Å². The Morgan fingerprint density at radius 1 is 0.875 bits per heavy atom. The van der Waals surface area contributed by atoms with Gasteiger partial charge in [0.25, 0.3) is 5.91 Å². The number of carboxylic acids is 1. The van der Waals surface area contributed by atoms with Crippen LogP contribution in [0, 0.1) is 11.3 Å². The van der Waals surface area contributed by atoms with E-state index in [1.54, 1.807) is 48.3 Å². The van der Waals surface area contributed by atoms with Gasteiger partial charge in [-0.1, -0.05) is 116 Å². The first-order chi connectivity index (χ1) is 30.8. The van der Waals surface area contributed by atoms with Crippen molar-refractivity contribution in [2.24, 2.45) is 0 Å². The molecule has 12 heteroatoms. The first kappa shape index (κ1) is 44.0. The molecule has 2 aliphatic heterocycles. The fraction of sp³-hybridized carbons (Fsp3) is 0.231. The molecule has 64 heavy (non-hydrogen) atoms. The van der Waals surface area contributed by atoms with E-state index < -0.39 is 30.1 Å². The van der Waals surface area contributed by atoms with Crippen molar-refractivity contribution >= 4 is 46.7 Å². The second kappa shape index (κ2) is 19.0. The SMILES string of the molecule is CC(C)c1ccccc1CN1Cc2cc3c(cc2CC1C(=O)N[C@@H](Cc1ccc(-c2ccc(C#N)cc2)cc1)C(=O)O)N(C)C(=O)[C@H](c1ccc(OCc2ccc(Cl)c(Cl)c2)cc1)O3. The van der Waals surface area contributed by atoms with Crippen LogP contribution in [-0.2, 0) is 46.9 Å². The lowest BCUT2D eigenvalue weighted by molar-refractivity contribution is -0.142. The van der Waals surface area contributed by atoms with E-state index in [0.717, 1.165) is 38.9 Å². The monoisotopic (exact) mass is 892 g/mol. The fourth-order valence-corrected chi connectivity index (χ4v) is 8.71. The number of halogens is 2. The van der Waals surface area contributed by atoms with Gasteiger partial charge in [0.2, 0.25) is 12.0 Å². The molecule has 2 heterocycles. The summed E-state index contributed by atoms with van der Waals surface area (Å²) < 4.78 is 12.5. The molecular formula is C52H46Cl2N4O6. The number of nitrogens with one attached hydrogen (secondary N) is 1. The third-order valence-electron chi connectivity index (χ3n) is 12.0. The van der Waals surface area contributed by atoms with Gasteiger partial charge >= 0.3 is 5.97 Å². The molecule has 8 rings (SSSR count). The molecule has 0 aliphatic carbocycles. The van der Waals surface area contributed by atoms with E-state index in [-0.39, 0.29) is 24.9 Å². The van der Waals surface area contributed by atoms with Gasteiger partial charge < -0.3 is 24.8 Å². The average molecular weight is 894 g/mol. The molecule has 2 N–H and O–H groups in total.